The maximum atomic E-state index is 15.0. The predicted molar refractivity (Wildman–Crippen MR) is 146 cm³/mol. The first-order valence-electron chi connectivity index (χ1n) is 13.0. The molecule has 3 fully saturated rings. The number of halogens is 3. The molecule has 11 heteroatoms. The highest BCUT2D eigenvalue weighted by molar-refractivity contribution is 6.41. The minimum atomic E-state index is -0.734. The van der Waals surface area contributed by atoms with Crippen molar-refractivity contribution >= 4 is 34.6 Å². The lowest BCUT2D eigenvalue weighted by Crippen LogP contribution is -2.45. The molecule has 3 aliphatic rings. The molecule has 3 N–H and O–H groups in total. The fraction of sp³-hybridized carbons (Fsp3) is 0.393. The molecule has 3 heterocycles. The Morgan fingerprint density at radius 2 is 1.85 bits per heavy atom. The molecule has 39 heavy (non-hydrogen) atoms. The van der Waals surface area contributed by atoms with Gasteiger partial charge in [-0.25, -0.2) is 9.18 Å². The Labute approximate surface area is 233 Å². The number of ether oxygens (including phenoxy) is 1. The zero-order valence-corrected chi connectivity index (χ0v) is 22.4. The van der Waals surface area contributed by atoms with E-state index in [1.807, 2.05) is 6.07 Å². The van der Waals surface area contributed by atoms with E-state index in [-0.39, 0.29) is 53.6 Å². The van der Waals surface area contributed by atoms with Crippen LogP contribution < -0.4 is 10.7 Å². The van der Waals surface area contributed by atoms with Crippen LogP contribution in [-0.2, 0) is 4.74 Å². The summed E-state index contributed by atoms with van der Waals surface area (Å²) in [4.78, 5) is 15.9. The molecule has 3 atom stereocenters. The summed E-state index contributed by atoms with van der Waals surface area (Å²) >= 11 is 12.7. The fourth-order valence-electron chi connectivity index (χ4n) is 5.85. The Balaban J connectivity index is 1.17. The summed E-state index contributed by atoms with van der Waals surface area (Å²) in [6, 6.07) is 10.3. The van der Waals surface area contributed by atoms with Gasteiger partial charge in [-0.1, -0.05) is 34.4 Å². The SMILES string of the molecule is N=C(/C(COC1CC2CC[C@@H](C1)N2c1ccc(-c2noc(=O)[nH]2)c(F)c1)=C(\O)C1CC1)c1c(Cl)cccc1Cl. The quantitative estimate of drug-likeness (QED) is 0.216. The Morgan fingerprint density at radius 3 is 2.44 bits per heavy atom. The van der Waals surface area contributed by atoms with Crippen LogP contribution in [-0.4, -0.2) is 45.8 Å². The third-order valence-corrected chi connectivity index (χ3v) is 8.52. The van der Waals surface area contributed by atoms with Crippen LogP contribution in [0, 0.1) is 17.1 Å². The molecule has 8 nitrogen and oxygen atoms in total. The predicted octanol–water partition coefficient (Wildman–Crippen LogP) is 6.28. The third kappa shape index (κ3) is 5.11. The summed E-state index contributed by atoms with van der Waals surface area (Å²) in [7, 11) is 0. The lowest BCUT2D eigenvalue weighted by atomic mass is 9.97. The van der Waals surface area contributed by atoms with Crippen LogP contribution in [0.2, 0.25) is 10.0 Å². The van der Waals surface area contributed by atoms with Gasteiger partial charge in [0.15, 0.2) is 5.82 Å². The number of fused-ring (bicyclic) bond motifs is 2. The van der Waals surface area contributed by atoms with Gasteiger partial charge in [0, 0.05) is 34.8 Å². The smallest absolute Gasteiger partial charge is 0.439 e. The van der Waals surface area contributed by atoms with Crippen molar-refractivity contribution < 1.29 is 18.8 Å². The second kappa shape index (κ2) is 10.4. The first kappa shape index (κ1) is 26.1. The number of aromatic amines is 1. The lowest BCUT2D eigenvalue weighted by Gasteiger charge is -2.40. The summed E-state index contributed by atoms with van der Waals surface area (Å²) in [5, 5.41) is 24.1. The number of hydrogen-bond donors (Lipinski definition) is 3. The van der Waals surface area contributed by atoms with Gasteiger partial charge in [0.1, 0.15) is 11.6 Å². The van der Waals surface area contributed by atoms with E-state index in [1.54, 1.807) is 24.3 Å². The van der Waals surface area contributed by atoms with E-state index in [0.29, 0.717) is 21.2 Å². The van der Waals surface area contributed by atoms with E-state index >= 15 is 0 Å². The molecule has 1 saturated carbocycles. The topological polar surface area (TPSA) is 115 Å². The largest absolute Gasteiger partial charge is 0.512 e. The summed E-state index contributed by atoms with van der Waals surface area (Å²) in [6.07, 6.45) is 5.10. The van der Waals surface area contributed by atoms with Crippen molar-refractivity contribution in [2.24, 2.45) is 5.92 Å². The molecule has 2 saturated heterocycles. The standard InChI is InChI=1S/C28H27Cl2FN4O4/c29-21-2-1-3-22(30)24(21)25(32)20(26(36)14-4-5-14)13-38-18-10-15-6-7-16(11-18)35(15)17-8-9-19(23(31)12-17)27-33-28(37)39-34-27/h1-3,8-9,12,14-16,18,32,36H,4-7,10-11,13H2,(H,33,34,37)/b26-20-,32-25?/t15-,16?,18?/m0/s1. The summed E-state index contributed by atoms with van der Waals surface area (Å²) in [6.45, 7) is 0.0893. The first-order chi connectivity index (χ1) is 18.8. The molecule has 0 radical (unpaired) electrons. The number of piperidine rings is 1. The lowest BCUT2D eigenvalue weighted by molar-refractivity contribution is 0.0410. The van der Waals surface area contributed by atoms with E-state index in [0.717, 1.165) is 44.2 Å². The average molecular weight is 573 g/mol. The van der Waals surface area contributed by atoms with Gasteiger partial charge in [-0.15, -0.1) is 0 Å². The number of aliphatic hydroxyl groups is 1. The Kier molecular flexibility index (Phi) is 6.99. The molecular weight excluding hydrogens is 546 g/mol. The van der Waals surface area contributed by atoms with Crippen molar-refractivity contribution in [2.75, 3.05) is 11.5 Å². The number of anilines is 1. The van der Waals surface area contributed by atoms with Gasteiger partial charge in [-0.2, -0.15) is 0 Å². The highest BCUT2D eigenvalue weighted by atomic mass is 35.5. The van der Waals surface area contributed by atoms with Crippen LogP contribution in [0.1, 0.15) is 44.1 Å². The second-order valence-electron chi connectivity index (χ2n) is 10.4. The maximum absolute atomic E-state index is 15.0. The van der Waals surface area contributed by atoms with E-state index in [1.165, 1.54) is 6.07 Å². The highest BCUT2D eigenvalue weighted by Gasteiger charge is 2.42. The molecule has 2 aliphatic heterocycles. The Hall–Kier alpha value is -3.14. The van der Waals surface area contributed by atoms with Gasteiger partial charge >= 0.3 is 5.76 Å². The number of H-pyrrole nitrogens is 1. The van der Waals surface area contributed by atoms with Crippen LogP contribution in [0.15, 0.2) is 57.0 Å². The van der Waals surface area contributed by atoms with Crippen molar-refractivity contribution in [1.82, 2.24) is 10.1 Å². The molecule has 1 aliphatic carbocycles. The van der Waals surface area contributed by atoms with Crippen molar-refractivity contribution in [2.45, 2.75) is 56.7 Å². The first-order valence-corrected chi connectivity index (χ1v) is 13.8. The number of allylic oxidation sites excluding steroid dienone is 1. The average Bonchev–Trinajstić information content (AvgIpc) is 3.61. The van der Waals surface area contributed by atoms with Crippen LogP contribution in [0.25, 0.3) is 11.4 Å². The molecule has 1 aromatic heterocycles. The van der Waals surface area contributed by atoms with Gasteiger partial charge in [0.05, 0.1) is 34.0 Å². The molecule has 2 aromatic carbocycles. The number of rotatable bonds is 8. The zero-order chi connectivity index (χ0) is 27.3. The summed E-state index contributed by atoms with van der Waals surface area (Å²) in [5.74, 6) is -0.947. The van der Waals surface area contributed by atoms with E-state index in [2.05, 4.69) is 19.6 Å². The van der Waals surface area contributed by atoms with E-state index in [9.17, 15) is 14.3 Å². The fourth-order valence-corrected chi connectivity index (χ4v) is 6.44. The van der Waals surface area contributed by atoms with Crippen LogP contribution in [0.3, 0.4) is 0 Å². The van der Waals surface area contributed by atoms with Crippen molar-refractivity contribution in [1.29, 1.82) is 5.41 Å². The number of aromatic nitrogens is 2. The molecule has 2 bridgehead atoms. The van der Waals surface area contributed by atoms with Gasteiger partial charge in [-0.05, 0) is 68.9 Å². The van der Waals surface area contributed by atoms with Crippen LogP contribution in [0.4, 0.5) is 10.1 Å². The van der Waals surface area contributed by atoms with Crippen molar-refractivity contribution in [3.05, 3.63) is 79.7 Å². The minimum Gasteiger partial charge on any atom is -0.512 e. The van der Waals surface area contributed by atoms with E-state index in [4.69, 9.17) is 33.3 Å². The van der Waals surface area contributed by atoms with Gasteiger partial charge in [-0.3, -0.25) is 14.9 Å². The van der Waals surface area contributed by atoms with Gasteiger partial charge < -0.3 is 14.7 Å². The Morgan fingerprint density at radius 1 is 1.15 bits per heavy atom. The normalized spacial score (nSPS) is 23.2. The number of benzene rings is 2. The maximum Gasteiger partial charge on any atom is 0.439 e. The monoisotopic (exact) mass is 572 g/mol. The summed E-state index contributed by atoms with van der Waals surface area (Å²) < 4.78 is 25.8. The number of nitrogens with one attached hydrogen (secondary N) is 2. The number of hydrogen-bond acceptors (Lipinski definition) is 7. The number of aliphatic hydroxyl groups excluding tert-OH is 1. The minimum absolute atomic E-state index is 0.0381. The Bertz CT molecular complexity index is 1480. The van der Waals surface area contributed by atoms with Crippen LogP contribution >= 0.6 is 23.2 Å². The number of nitrogens with zero attached hydrogens (tertiary/aromatic N) is 2. The zero-order valence-electron chi connectivity index (χ0n) is 20.9. The second-order valence-corrected chi connectivity index (χ2v) is 11.2. The van der Waals surface area contributed by atoms with Crippen molar-refractivity contribution in [3.63, 3.8) is 0 Å². The molecule has 2 unspecified atom stereocenters. The van der Waals surface area contributed by atoms with Gasteiger partial charge in [0.25, 0.3) is 0 Å². The molecule has 3 aromatic rings. The highest BCUT2D eigenvalue weighted by Crippen LogP contribution is 2.42. The van der Waals surface area contributed by atoms with E-state index < -0.39 is 11.6 Å². The van der Waals surface area contributed by atoms with Gasteiger partial charge in [0.2, 0.25) is 0 Å². The van der Waals surface area contributed by atoms with Crippen molar-refractivity contribution in [3.8, 4) is 11.4 Å². The third-order valence-electron chi connectivity index (χ3n) is 7.89. The molecule has 6 rings (SSSR count). The molecular formula is C28H27Cl2FN4O4. The molecule has 204 valence electrons. The summed E-state index contributed by atoms with van der Waals surface area (Å²) in [5.41, 5.74) is 1.84. The molecule has 0 spiro atoms. The van der Waals surface area contributed by atoms with Crippen LogP contribution in [0.5, 0.6) is 0 Å². The molecule has 0 amide bonds.